The van der Waals surface area contributed by atoms with E-state index in [0.717, 1.165) is 11.1 Å². The number of hydrogen-bond donors (Lipinski definition) is 1. The largest absolute Gasteiger partial charge is 0.485 e. The average molecular weight is 234 g/mol. The van der Waals surface area contributed by atoms with Gasteiger partial charge in [0.1, 0.15) is 5.75 Å². The van der Waals surface area contributed by atoms with Crippen LogP contribution >= 0.6 is 0 Å². The van der Waals surface area contributed by atoms with Gasteiger partial charge in [-0.1, -0.05) is 16.8 Å². The van der Waals surface area contributed by atoms with Crippen molar-refractivity contribution >= 4 is 0 Å². The van der Waals surface area contributed by atoms with Gasteiger partial charge in [-0.25, -0.2) is 0 Å². The number of aliphatic hydroxyl groups is 1. The maximum absolute atomic E-state index is 9.66. The van der Waals surface area contributed by atoms with E-state index in [1.165, 1.54) is 6.39 Å². The molecular weight excluding hydrogens is 220 g/mol. The van der Waals surface area contributed by atoms with Crippen LogP contribution < -0.4 is 4.74 Å². The lowest BCUT2D eigenvalue weighted by atomic mass is 10.1. The quantitative estimate of drug-likeness (QED) is 0.876. The van der Waals surface area contributed by atoms with Gasteiger partial charge < -0.3 is 14.4 Å². The molecule has 0 fully saturated rings. The lowest BCUT2D eigenvalue weighted by Gasteiger charge is -2.13. The van der Waals surface area contributed by atoms with Gasteiger partial charge in [0.2, 0.25) is 12.2 Å². The SMILES string of the molecule is Cc1ccc(OCc2ncon2)c([C@@H](C)O)c1. The molecular formula is C12H14N2O3. The zero-order valence-corrected chi connectivity index (χ0v) is 9.75. The van der Waals surface area contributed by atoms with E-state index in [9.17, 15) is 5.11 Å². The van der Waals surface area contributed by atoms with Crippen molar-refractivity contribution in [2.75, 3.05) is 0 Å². The third kappa shape index (κ3) is 2.82. The van der Waals surface area contributed by atoms with Crippen molar-refractivity contribution in [1.82, 2.24) is 10.1 Å². The molecule has 0 saturated heterocycles. The average Bonchev–Trinajstić information content (AvgIpc) is 2.80. The summed E-state index contributed by atoms with van der Waals surface area (Å²) < 4.78 is 10.2. The predicted octanol–water partition coefficient (Wildman–Crippen LogP) is 2.01. The Kier molecular flexibility index (Phi) is 3.39. The maximum Gasteiger partial charge on any atom is 0.213 e. The van der Waals surface area contributed by atoms with Gasteiger partial charge >= 0.3 is 0 Å². The first kappa shape index (κ1) is 11.6. The first-order valence-corrected chi connectivity index (χ1v) is 5.33. The van der Waals surface area contributed by atoms with Crippen LogP contribution in [0.4, 0.5) is 0 Å². The Morgan fingerprint density at radius 2 is 2.29 bits per heavy atom. The van der Waals surface area contributed by atoms with Crippen LogP contribution in [0, 0.1) is 6.92 Å². The van der Waals surface area contributed by atoms with Crippen molar-refractivity contribution in [2.24, 2.45) is 0 Å². The normalized spacial score (nSPS) is 12.4. The van der Waals surface area contributed by atoms with Gasteiger partial charge in [-0.05, 0) is 26.0 Å². The summed E-state index contributed by atoms with van der Waals surface area (Å²) in [5, 5.41) is 13.3. The molecule has 0 bridgehead atoms. The molecule has 2 rings (SSSR count). The van der Waals surface area contributed by atoms with Crippen molar-refractivity contribution in [3.8, 4) is 5.75 Å². The minimum Gasteiger partial charge on any atom is -0.485 e. The zero-order chi connectivity index (χ0) is 12.3. The fourth-order valence-corrected chi connectivity index (χ4v) is 1.52. The first-order valence-electron chi connectivity index (χ1n) is 5.33. The summed E-state index contributed by atoms with van der Waals surface area (Å²) in [7, 11) is 0. The maximum atomic E-state index is 9.66. The van der Waals surface area contributed by atoms with E-state index in [0.29, 0.717) is 11.6 Å². The molecule has 0 amide bonds. The number of ether oxygens (including phenoxy) is 1. The van der Waals surface area contributed by atoms with Crippen LogP contribution in [-0.4, -0.2) is 15.2 Å². The third-order valence-corrected chi connectivity index (χ3v) is 2.38. The number of rotatable bonds is 4. The Balaban J connectivity index is 2.14. The third-order valence-electron chi connectivity index (χ3n) is 2.38. The molecule has 1 aromatic carbocycles. The van der Waals surface area contributed by atoms with Crippen molar-refractivity contribution < 1.29 is 14.4 Å². The minimum atomic E-state index is -0.574. The molecule has 5 heteroatoms. The molecule has 0 spiro atoms. The summed E-state index contributed by atoms with van der Waals surface area (Å²) in [5.41, 5.74) is 1.83. The van der Waals surface area contributed by atoms with Gasteiger partial charge in [-0.15, -0.1) is 0 Å². The number of benzene rings is 1. The van der Waals surface area contributed by atoms with Gasteiger partial charge in [0.05, 0.1) is 6.10 Å². The summed E-state index contributed by atoms with van der Waals surface area (Å²) in [4.78, 5) is 3.86. The lowest BCUT2D eigenvalue weighted by molar-refractivity contribution is 0.189. The highest BCUT2D eigenvalue weighted by Crippen LogP contribution is 2.26. The Bertz CT molecular complexity index is 481. The summed E-state index contributed by atoms with van der Waals surface area (Å²) in [6, 6.07) is 5.66. The molecule has 0 aliphatic rings. The second kappa shape index (κ2) is 4.97. The standard InChI is InChI=1S/C12H14N2O3/c1-8-3-4-11(10(5-8)9(2)15)16-6-12-13-7-17-14-12/h3-5,7,9,15H,6H2,1-2H3/t9-/m1/s1. The van der Waals surface area contributed by atoms with E-state index in [1.54, 1.807) is 6.92 Å². The first-order chi connectivity index (χ1) is 8.16. The van der Waals surface area contributed by atoms with E-state index >= 15 is 0 Å². The number of hydrogen-bond acceptors (Lipinski definition) is 5. The summed E-state index contributed by atoms with van der Waals surface area (Å²) in [6.45, 7) is 3.89. The molecule has 0 saturated carbocycles. The van der Waals surface area contributed by atoms with Gasteiger partial charge in [0.25, 0.3) is 0 Å². The van der Waals surface area contributed by atoms with E-state index in [-0.39, 0.29) is 6.61 Å². The number of aryl methyl sites for hydroxylation is 1. The smallest absolute Gasteiger partial charge is 0.213 e. The van der Waals surface area contributed by atoms with Crippen molar-refractivity contribution in [1.29, 1.82) is 0 Å². The summed E-state index contributed by atoms with van der Waals surface area (Å²) >= 11 is 0. The Morgan fingerprint density at radius 3 is 2.94 bits per heavy atom. The molecule has 1 N–H and O–H groups in total. The van der Waals surface area contributed by atoms with Gasteiger partial charge in [-0.2, -0.15) is 4.98 Å². The second-order valence-electron chi connectivity index (χ2n) is 3.85. The van der Waals surface area contributed by atoms with Crippen LogP contribution in [0.15, 0.2) is 29.1 Å². The molecule has 1 heterocycles. The number of nitrogens with zero attached hydrogens (tertiary/aromatic N) is 2. The number of aromatic nitrogens is 2. The highest BCUT2D eigenvalue weighted by molar-refractivity contribution is 5.38. The van der Waals surface area contributed by atoms with E-state index < -0.39 is 6.10 Å². The monoisotopic (exact) mass is 234 g/mol. The Hall–Kier alpha value is -1.88. The van der Waals surface area contributed by atoms with Crippen LogP contribution in [-0.2, 0) is 6.61 Å². The molecule has 5 nitrogen and oxygen atoms in total. The van der Waals surface area contributed by atoms with E-state index in [4.69, 9.17) is 4.74 Å². The molecule has 2 aromatic rings. The Morgan fingerprint density at radius 1 is 1.47 bits per heavy atom. The van der Waals surface area contributed by atoms with Crippen LogP contribution in [0.5, 0.6) is 5.75 Å². The molecule has 0 aliphatic heterocycles. The highest BCUT2D eigenvalue weighted by atomic mass is 16.5. The fourth-order valence-electron chi connectivity index (χ4n) is 1.52. The fraction of sp³-hybridized carbons (Fsp3) is 0.333. The molecule has 0 unspecified atom stereocenters. The molecule has 90 valence electrons. The van der Waals surface area contributed by atoms with Crippen LogP contribution in [0.3, 0.4) is 0 Å². The molecule has 17 heavy (non-hydrogen) atoms. The summed E-state index contributed by atoms with van der Waals surface area (Å²) in [6.07, 6.45) is 0.679. The minimum absolute atomic E-state index is 0.222. The Labute approximate surface area is 99.0 Å². The zero-order valence-electron chi connectivity index (χ0n) is 9.75. The van der Waals surface area contributed by atoms with Gasteiger partial charge in [-0.3, -0.25) is 0 Å². The van der Waals surface area contributed by atoms with Crippen molar-refractivity contribution in [2.45, 2.75) is 26.6 Å². The molecule has 1 aromatic heterocycles. The van der Waals surface area contributed by atoms with Crippen molar-refractivity contribution in [3.05, 3.63) is 41.5 Å². The van der Waals surface area contributed by atoms with Gasteiger partial charge in [0, 0.05) is 5.56 Å². The highest BCUT2D eigenvalue weighted by Gasteiger charge is 2.10. The van der Waals surface area contributed by atoms with Crippen LogP contribution in [0.2, 0.25) is 0 Å². The molecule has 0 aliphatic carbocycles. The number of aliphatic hydroxyl groups excluding tert-OH is 1. The lowest BCUT2D eigenvalue weighted by Crippen LogP contribution is -2.02. The van der Waals surface area contributed by atoms with Gasteiger partial charge in [0.15, 0.2) is 6.61 Å². The second-order valence-corrected chi connectivity index (χ2v) is 3.85. The molecule has 1 atom stereocenters. The van der Waals surface area contributed by atoms with Crippen molar-refractivity contribution in [3.63, 3.8) is 0 Å². The predicted molar refractivity (Wildman–Crippen MR) is 60.4 cm³/mol. The van der Waals surface area contributed by atoms with E-state index in [1.807, 2.05) is 25.1 Å². The van der Waals surface area contributed by atoms with E-state index in [2.05, 4.69) is 14.7 Å². The summed E-state index contributed by atoms with van der Waals surface area (Å²) in [5.74, 6) is 1.11. The molecule has 0 radical (unpaired) electrons. The van der Waals surface area contributed by atoms with Crippen LogP contribution in [0.25, 0.3) is 0 Å². The van der Waals surface area contributed by atoms with Crippen LogP contribution in [0.1, 0.15) is 30.0 Å². The topological polar surface area (TPSA) is 68.4 Å².